The van der Waals surface area contributed by atoms with Crippen LogP contribution in [-0.4, -0.2) is 45.6 Å². The van der Waals surface area contributed by atoms with E-state index in [9.17, 15) is 8.42 Å². The molecule has 1 N–H and O–H groups in total. The molecule has 1 aliphatic rings. The number of nitrogens with one attached hydrogen (secondary N) is 1. The van der Waals surface area contributed by atoms with Gasteiger partial charge in [-0.2, -0.15) is 9.40 Å². The Labute approximate surface area is 183 Å². The quantitative estimate of drug-likeness (QED) is 0.629. The average Bonchev–Trinajstić information content (AvgIpc) is 3.16. The van der Waals surface area contributed by atoms with Crippen LogP contribution in [0.2, 0.25) is 0 Å². The van der Waals surface area contributed by atoms with Crippen LogP contribution in [0, 0.1) is 13.8 Å². The third kappa shape index (κ3) is 4.62. The first-order valence-corrected chi connectivity index (χ1v) is 12.0. The fraction of sp³-hybridized carbons (Fsp3) is 0.409. The highest BCUT2D eigenvalue weighted by atomic mass is 32.2. The standard InChI is InChI=1S/C22H28N6O2S/c1-4-27-15-21(17(3)26-27)31(29,30)28-11-7-8-18(14-28)20-13-19(12-16(2)24-20)25-22-9-5-6-10-23-22/h5-6,9-10,12-13,15,18H,4,7-8,11,14H2,1-3H3,(H,23,24,25). The van der Waals surface area contributed by atoms with Gasteiger partial charge in [0.15, 0.2) is 0 Å². The summed E-state index contributed by atoms with van der Waals surface area (Å²) in [6.07, 6.45) is 5.07. The topological polar surface area (TPSA) is 93.0 Å². The van der Waals surface area contributed by atoms with Crippen molar-refractivity contribution in [3.63, 3.8) is 0 Å². The summed E-state index contributed by atoms with van der Waals surface area (Å²) in [5.74, 6) is 0.796. The van der Waals surface area contributed by atoms with Crippen molar-refractivity contribution in [3.05, 3.63) is 59.8 Å². The molecule has 8 nitrogen and oxygen atoms in total. The number of pyridine rings is 2. The van der Waals surface area contributed by atoms with Crippen LogP contribution in [0.1, 0.15) is 42.8 Å². The highest BCUT2D eigenvalue weighted by Gasteiger charge is 2.33. The van der Waals surface area contributed by atoms with E-state index in [1.165, 1.54) is 0 Å². The zero-order valence-corrected chi connectivity index (χ0v) is 18.9. The second kappa shape index (κ2) is 8.76. The highest BCUT2D eigenvalue weighted by Crippen LogP contribution is 2.32. The molecule has 0 amide bonds. The molecule has 3 aromatic rings. The minimum absolute atomic E-state index is 0.0363. The Hall–Kier alpha value is -2.78. The van der Waals surface area contributed by atoms with E-state index in [1.54, 1.807) is 28.3 Å². The zero-order chi connectivity index (χ0) is 22.0. The van der Waals surface area contributed by atoms with E-state index in [0.29, 0.717) is 30.2 Å². The summed E-state index contributed by atoms with van der Waals surface area (Å²) in [6, 6.07) is 9.68. The maximum atomic E-state index is 13.3. The number of hydrogen-bond donors (Lipinski definition) is 1. The van der Waals surface area contributed by atoms with Crippen molar-refractivity contribution in [3.8, 4) is 0 Å². The average molecular weight is 441 g/mol. The number of sulfonamides is 1. The SMILES string of the molecule is CCn1cc(S(=O)(=O)N2CCCC(c3cc(Nc4ccccn4)cc(C)n3)C2)c(C)n1. The number of aryl methyl sites for hydroxylation is 3. The molecule has 0 spiro atoms. The first-order valence-electron chi connectivity index (χ1n) is 10.6. The Kier molecular flexibility index (Phi) is 6.06. The summed E-state index contributed by atoms with van der Waals surface area (Å²) in [5, 5.41) is 7.63. The van der Waals surface area contributed by atoms with Crippen molar-refractivity contribution in [2.45, 2.75) is 51.0 Å². The molecule has 4 rings (SSSR count). The van der Waals surface area contributed by atoms with Crippen molar-refractivity contribution in [2.75, 3.05) is 18.4 Å². The molecule has 164 valence electrons. The van der Waals surface area contributed by atoms with Crippen molar-refractivity contribution in [1.29, 1.82) is 0 Å². The number of nitrogens with zero attached hydrogens (tertiary/aromatic N) is 5. The largest absolute Gasteiger partial charge is 0.340 e. The van der Waals surface area contributed by atoms with E-state index >= 15 is 0 Å². The summed E-state index contributed by atoms with van der Waals surface area (Å²) >= 11 is 0. The predicted molar refractivity (Wildman–Crippen MR) is 120 cm³/mol. The number of aromatic nitrogens is 4. The fourth-order valence-corrected chi connectivity index (χ4v) is 5.71. The Morgan fingerprint density at radius 2 is 2.06 bits per heavy atom. The van der Waals surface area contributed by atoms with Gasteiger partial charge in [0.05, 0.1) is 5.69 Å². The van der Waals surface area contributed by atoms with E-state index in [-0.39, 0.29) is 5.92 Å². The molecule has 1 saturated heterocycles. The molecule has 1 unspecified atom stereocenters. The molecule has 31 heavy (non-hydrogen) atoms. The van der Waals surface area contributed by atoms with Gasteiger partial charge in [0.25, 0.3) is 0 Å². The minimum Gasteiger partial charge on any atom is -0.340 e. The van der Waals surface area contributed by atoms with Crippen LogP contribution in [0.25, 0.3) is 0 Å². The van der Waals surface area contributed by atoms with Crippen LogP contribution in [0.4, 0.5) is 11.5 Å². The van der Waals surface area contributed by atoms with Crippen molar-refractivity contribution < 1.29 is 8.42 Å². The van der Waals surface area contributed by atoms with Crippen LogP contribution in [-0.2, 0) is 16.6 Å². The summed E-state index contributed by atoms with van der Waals surface area (Å²) in [7, 11) is -3.60. The number of hydrogen-bond acceptors (Lipinski definition) is 6. The van der Waals surface area contributed by atoms with Gasteiger partial charge >= 0.3 is 0 Å². The molecule has 1 atom stereocenters. The predicted octanol–water partition coefficient (Wildman–Crippen LogP) is 3.62. The minimum atomic E-state index is -3.60. The first kappa shape index (κ1) is 21.5. The van der Waals surface area contributed by atoms with E-state index < -0.39 is 10.0 Å². The first-order chi connectivity index (χ1) is 14.9. The van der Waals surface area contributed by atoms with Gasteiger partial charge in [-0.3, -0.25) is 9.67 Å². The molecule has 4 heterocycles. The molecule has 0 saturated carbocycles. The van der Waals surface area contributed by atoms with Crippen LogP contribution in [0.3, 0.4) is 0 Å². The van der Waals surface area contributed by atoms with Gasteiger partial charge in [0.1, 0.15) is 10.7 Å². The van der Waals surface area contributed by atoms with Crippen molar-refractivity contribution in [1.82, 2.24) is 24.1 Å². The summed E-state index contributed by atoms with van der Waals surface area (Å²) in [6.45, 7) is 7.21. The molecule has 1 fully saturated rings. The third-order valence-electron chi connectivity index (χ3n) is 5.56. The summed E-state index contributed by atoms with van der Waals surface area (Å²) in [5.41, 5.74) is 3.23. The molecule has 0 aliphatic carbocycles. The van der Waals surface area contributed by atoms with Gasteiger partial charge in [0.2, 0.25) is 10.0 Å². The molecular weight excluding hydrogens is 412 g/mol. The highest BCUT2D eigenvalue weighted by molar-refractivity contribution is 7.89. The lowest BCUT2D eigenvalue weighted by Gasteiger charge is -2.31. The monoisotopic (exact) mass is 440 g/mol. The lowest BCUT2D eigenvalue weighted by molar-refractivity contribution is 0.312. The van der Waals surface area contributed by atoms with Crippen LogP contribution in [0.5, 0.6) is 0 Å². The normalized spacial score (nSPS) is 17.6. The van der Waals surface area contributed by atoms with Crippen LogP contribution >= 0.6 is 0 Å². The number of anilines is 2. The summed E-state index contributed by atoms with van der Waals surface area (Å²) < 4.78 is 29.9. The van der Waals surface area contributed by atoms with E-state index in [0.717, 1.165) is 35.7 Å². The van der Waals surface area contributed by atoms with Crippen molar-refractivity contribution in [2.24, 2.45) is 0 Å². The van der Waals surface area contributed by atoms with E-state index in [4.69, 9.17) is 4.98 Å². The van der Waals surface area contributed by atoms with Gasteiger partial charge in [-0.25, -0.2) is 13.4 Å². The third-order valence-corrected chi connectivity index (χ3v) is 7.52. The van der Waals surface area contributed by atoms with Crippen LogP contribution < -0.4 is 5.32 Å². The molecule has 3 aromatic heterocycles. The van der Waals surface area contributed by atoms with Gasteiger partial charge < -0.3 is 5.32 Å². The second-order valence-electron chi connectivity index (χ2n) is 7.90. The molecular formula is C22H28N6O2S. The molecule has 1 aliphatic heterocycles. The smallest absolute Gasteiger partial charge is 0.246 e. The fourth-order valence-electron chi connectivity index (χ4n) is 4.02. The van der Waals surface area contributed by atoms with Crippen molar-refractivity contribution >= 4 is 21.5 Å². The summed E-state index contributed by atoms with van der Waals surface area (Å²) in [4.78, 5) is 9.34. The molecule has 0 bridgehead atoms. The maximum Gasteiger partial charge on any atom is 0.246 e. The van der Waals surface area contributed by atoms with E-state index in [1.807, 2.05) is 44.2 Å². The lowest BCUT2D eigenvalue weighted by atomic mass is 9.95. The lowest BCUT2D eigenvalue weighted by Crippen LogP contribution is -2.39. The Morgan fingerprint density at radius 1 is 1.23 bits per heavy atom. The molecule has 9 heteroatoms. The molecule has 0 aromatic carbocycles. The van der Waals surface area contributed by atoms with Crippen LogP contribution in [0.15, 0.2) is 47.6 Å². The Bertz CT molecular complexity index is 1160. The van der Waals surface area contributed by atoms with E-state index in [2.05, 4.69) is 15.4 Å². The number of rotatable bonds is 6. The van der Waals surface area contributed by atoms with Gasteiger partial charge in [-0.15, -0.1) is 0 Å². The second-order valence-corrected chi connectivity index (χ2v) is 9.81. The van der Waals surface area contributed by atoms with Gasteiger partial charge in [-0.1, -0.05) is 6.07 Å². The zero-order valence-electron chi connectivity index (χ0n) is 18.1. The number of piperidine rings is 1. The Morgan fingerprint density at radius 3 is 2.77 bits per heavy atom. The maximum absolute atomic E-state index is 13.3. The van der Waals surface area contributed by atoms with Gasteiger partial charge in [-0.05, 0) is 57.9 Å². The molecule has 0 radical (unpaired) electrons. The Balaban J connectivity index is 1.57. The van der Waals surface area contributed by atoms with Gasteiger partial charge in [0, 0.05) is 55.0 Å².